The first-order valence-corrected chi connectivity index (χ1v) is 6.39. The van der Waals surface area contributed by atoms with Crippen LogP contribution in [0.1, 0.15) is 39.0 Å². The van der Waals surface area contributed by atoms with Crippen molar-refractivity contribution in [2.24, 2.45) is 11.7 Å². The van der Waals surface area contributed by atoms with Gasteiger partial charge in [-0.25, -0.2) is 0 Å². The first-order chi connectivity index (χ1) is 8.09. The van der Waals surface area contributed by atoms with Crippen LogP contribution in [0, 0.1) is 5.92 Å². The van der Waals surface area contributed by atoms with E-state index in [2.05, 4.69) is 10.6 Å². The molecule has 0 radical (unpaired) electrons. The Morgan fingerprint density at radius 2 is 1.94 bits per heavy atom. The molecule has 2 amide bonds. The molecule has 0 aliphatic heterocycles. The second-order valence-corrected chi connectivity index (χ2v) is 4.78. The third-order valence-corrected chi connectivity index (χ3v) is 2.76. The molecule has 0 aromatic heterocycles. The van der Waals surface area contributed by atoms with Crippen LogP contribution in [0.5, 0.6) is 0 Å². The van der Waals surface area contributed by atoms with Crippen LogP contribution in [0.4, 0.5) is 0 Å². The van der Waals surface area contributed by atoms with Crippen molar-refractivity contribution in [2.45, 2.75) is 45.1 Å². The van der Waals surface area contributed by atoms with Crippen molar-refractivity contribution in [3.8, 4) is 0 Å². The lowest BCUT2D eigenvalue weighted by atomic mass is 10.1. The van der Waals surface area contributed by atoms with E-state index in [-0.39, 0.29) is 23.8 Å². The smallest absolute Gasteiger partial charge is 0.223 e. The Bertz CT molecular complexity index is 262. The highest BCUT2D eigenvalue weighted by atomic mass is 16.2. The predicted molar refractivity (Wildman–Crippen MR) is 66.2 cm³/mol. The summed E-state index contributed by atoms with van der Waals surface area (Å²) in [6.07, 6.45) is 4.22. The van der Waals surface area contributed by atoms with Crippen LogP contribution in [0.3, 0.4) is 0 Å². The van der Waals surface area contributed by atoms with Crippen LogP contribution in [-0.4, -0.2) is 30.9 Å². The van der Waals surface area contributed by atoms with Crippen molar-refractivity contribution in [1.82, 2.24) is 10.6 Å². The van der Waals surface area contributed by atoms with E-state index < -0.39 is 0 Å². The van der Waals surface area contributed by atoms with Gasteiger partial charge in [0.25, 0.3) is 0 Å². The molecule has 0 heterocycles. The molecule has 1 fully saturated rings. The van der Waals surface area contributed by atoms with Gasteiger partial charge in [0.05, 0.1) is 0 Å². The van der Waals surface area contributed by atoms with Crippen molar-refractivity contribution in [3.05, 3.63) is 0 Å². The van der Waals surface area contributed by atoms with Gasteiger partial charge >= 0.3 is 0 Å². The Balaban J connectivity index is 1.90. The van der Waals surface area contributed by atoms with E-state index in [0.717, 1.165) is 25.7 Å². The molecule has 1 aliphatic rings. The molecule has 1 rings (SSSR count). The summed E-state index contributed by atoms with van der Waals surface area (Å²) >= 11 is 0. The average Bonchev–Trinajstić information content (AvgIpc) is 3.07. The minimum absolute atomic E-state index is 0.0336. The van der Waals surface area contributed by atoms with Gasteiger partial charge in [-0.2, -0.15) is 0 Å². The number of nitrogens with two attached hydrogens (primary N) is 1. The molecular weight excluding hydrogens is 218 g/mol. The second kappa shape index (κ2) is 7.27. The summed E-state index contributed by atoms with van der Waals surface area (Å²) in [6, 6.07) is 0.153. The van der Waals surface area contributed by atoms with E-state index in [1.807, 2.05) is 6.92 Å². The Kier molecular flexibility index (Phi) is 5.97. The van der Waals surface area contributed by atoms with Gasteiger partial charge in [0, 0.05) is 31.5 Å². The highest BCUT2D eigenvalue weighted by Crippen LogP contribution is 2.28. The number of nitrogens with one attached hydrogen (secondary N) is 2. The van der Waals surface area contributed by atoms with Crippen LogP contribution in [0.15, 0.2) is 0 Å². The molecule has 0 spiro atoms. The fraction of sp³-hybridized carbons (Fsp3) is 0.833. The van der Waals surface area contributed by atoms with Gasteiger partial charge in [0.15, 0.2) is 0 Å². The molecule has 1 atom stereocenters. The largest absolute Gasteiger partial charge is 0.354 e. The topological polar surface area (TPSA) is 84.2 Å². The fourth-order valence-electron chi connectivity index (χ4n) is 1.55. The quantitative estimate of drug-likeness (QED) is 0.529. The monoisotopic (exact) mass is 241 g/mol. The standard InChI is InChI=1S/C12H23N3O2/c1-9(13)3-2-4-11(16)14-7-8-15-12(17)10-5-6-10/h9-10H,2-8,13H2,1H3,(H,14,16)(H,15,17). The number of amides is 2. The number of hydrogen-bond donors (Lipinski definition) is 3. The molecule has 0 aromatic carbocycles. The number of rotatable bonds is 8. The normalized spacial score (nSPS) is 16.4. The molecule has 5 nitrogen and oxygen atoms in total. The predicted octanol–water partition coefficient (Wildman–Crippen LogP) is 0.146. The molecule has 1 unspecified atom stereocenters. The highest BCUT2D eigenvalue weighted by Gasteiger charge is 2.28. The van der Waals surface area contributed by atoms with Crippen molar-refractivity contribution >= 4 is 11.8 Å². The van der Waals surface area contributed by atoms with E-state index in [0.29, 0.717) is 19.5 Å². The molecule has 0 aromatic rings. The van der Waals surface area contributed by atoms with Crippen LogP contribution >= 0.6 is 0 Å². The lowest BCUT2D eigenvalue weighted by Gasteiger charge is -2.07. The maximum atomic E-state index is 11.4. The van der Waals surface area contributed by atoms with Gasteiger partial charge in [-0.1, -0.05) is 0 Å². The zero-order valence-electron chi connectivity index (χ0n) is 10.5. The Morgan fingerprint density at radius 3 is 2.53 bits per heavy atom. The Labute approximate surface area is 103 Å². The summed E-state index contributed by atoms with van der Waals surface area (Å²) in [5, 5.41) is 5.58. The van der Waals surface area contributed by atoms with Crippen LogP contribution < -0.4 is 16.4 Å². The van der Waals surface area contributed by atoms with Gasteiger partial charge in [-0.3, -0.25) is 9.59 Å². The first-order valence-electron chi connectivity index (χ1n) is 6.39. The highest BCUT2D eigenvalue weighted by molar-refractivity contribution is 5.81. The van der Waals surface area contributed by atoms with Gasteiger partial charge < -0.3 is 16.4 Å². The van der Waals surface area contributed by atoms with Gasteiger partial charge in [-0.15, -0.1) is 0 Å². The van der Waals surface area contributed by atoms with E-state index >= 15 is 0 Å². The van der Waals surface area contributed by atoms with Gasteiger partial charge in [0.2, 0.25) is 11.8 Å². The SMILES string of the molecule is CC(N)CCCC(=O)NCCNC(=O)C1CC1. The molecule has 17 heavy (non-hydrogen) atoms. The average molecular weight is 241 g/mol. The van der Waals surface area contributed by atoms with Crippen molar-refractivity contribution in [3.63, 3.8) is 0 Å². The summed E-state index contributed by atoms with van der Waals surface area (Å²) in [4.78, 5) is 22.6. The van der Waals surface area contributed by atoms with Crippen molar-refractivity contribution in [1.29, 1.82) is 0 Å². The van der Waals surface area contributed by atoms with Gasteiger partial charge in [-0.05, 0) is 32.6 Å². The Hall–Kier alpha value is -1.10. The minimum Gasteiger partial charge on any atom is -0.354 e. The molecule has 1 aliphatic carbocycles. The van der Waals surface area contributed by atoms with Crippen LogP contribution in [0.2, 0.25) is 0 Å². The van der Waals surface area contributed by atoms with Crippen molar-refractivity contribution in [2.75, 3.05) is 13.1 Å². The van der Waals surface area contributed by atoms with E-state index in [1.165, 1.54) is 0 Å². The van der Waals surface area contributed by atoms with E-state index in [1.54, 1.807) is 0 Å². The second-order valence-electron chi connectivity index (χ2n) is 4.78. The van der Waals surface area contributed by atoms with Crippen LogP contribution in [0.25, 0.3) is 0 Å². The third-order valence-electron chi connectivity index (χ3n) is 2.76. The maximum absolute atomic E-state index is 11.4. The van der Waals surface area contributed by atoms with E-state index in [4.69, 9.17) is 5.73 Å². The zero-order valence-corrected chi connectivity index (χ0v) is 10.5. The molecule has 4 N–H and O–H groups in total. The number of carbonyl (C=O) groups excluding carboxylic acids is 2. The number of carbonyl (C=O) groups is 2. The summed E-state index contributed by atoms with van der Waals surface area (Å²) in [7, 11) is 0. The molecule has 0 saturated heterocycles. The van der Waals surface area contributed by atoms with Gasteiger partial charge in [0.1, 0.15) is 0 Å². The first kappa shape index (κ1) is 14.0. The lowest BCUT2D eigenvalue weighted by molar-refractivity contribution is -0.123. The summed E-state index contributed by atoms with van der Waals surface area (Å²) in [5.74, 6) is 0.388. The van der Waals surface area contributed by atoms with Crippen molar-refractivity contribution < 1.29 is 9.59 Å². The summed E-state index contributed by atoms with van der Waals surface area (Å²) < 4.78 is 0. The maximum Gasteiger partial charge on any atom is 0.223 e. The summed E-state index contributed by atoms with van der Waals surface area (Å²) in [6.45, 7) is 2.97. The van der Waals surface area contributed by atoms with E-state index in [9.17, 15) is 9.59 Å². The molecular formula is C12H23N3O2. The zero-order chi connectivity index (χ0) is 12.7. The molecule has 98 valence electrons. The van der Waals surface area contributed by atoms with Crippen LogP contribution in [-0.2, 0) is 9.59 Å². The number of hydrogen-bond acceptors (Lipinski definition) is 3. The third kappa shape index (κ3) is 6.94. The molecule has 5 heteroatoms. The Morgan fingerprint density at radius 1 is 1.29 bits per heavy atom. The molecule has 0 bridgehead atoms. The molecule has 1 saturated carbocycles. The fourth-order valence-corrected chi connectivity index (χ4v) is 1.55. The lowest BCUT2D eigenvalue weighted by Crippen LogP contribution is -2.35. The summed E-state index contributed by atoms with van der Waals surface area (Å²) in [5.41, 5.74) is 5.59. The minimum atomic E-state index is 0.0336.